The summed E-state index contributed by atoms with van der Waals surface area (Å²) in [5, 5.41) is 0. The van der Waals surface area contributed by atoms with Crippen LogP contribution in [0.4, 0.5) is 4.39 Å². The Kier molecular flexibility index (Phi) is 24.4. The van der Waals surface area contributed by atoms with Crippen LogP contribution in [0, 0.1) is 0 Å². The van der Waals surface area contributed by atoms with E-state index in [1.54, 1.807) is 0 Å². The van der Waals surface area contributed by atoms with Gasteiger partial charge in [-0.2, -0.15) is 8.42 Å². The van der Waals surface area contributed by atoms with Gasteiger partial charge < -0.3 is 0 Å². The standard InChI is InChI=1S/C26H53FO3S/c1-2-3-4-5-6-7-8-10-13-16-19-22-25-30-31(28,29)26-23-20-17-14-11-9-12-15-18-21-24-27/h2-26H2,1H3. The molecule has 0 aromatic carbocycles. The summed E-state index contributed by atoms with van der Waals surface area (Å²) in [6.07, 6.45) is 25.7. The van der Waals surface area contributed by atoms with Gasteiger partial charge >= 0.3 is 0 Å². The summed E-state index contributed by atoms with van der Waals surface area (Å²) in [6.45, 7) is 2.42. The molecule has 0 saturated carbocycles. The maximum Gasteiger partial charge on any atom is 0.267 e. The lowest BCUT2D eigenvalue weighted by Gasteiger charge is -2.06. The average molecular weight is 465 g/mol. The molecule has 0 rings (SSSR count). The van der Waals surface area contributed by atoms with Crippen molar-refractivity contribution < 1.29 is 17.0 Å². The Morgan fingerprint density at radius 3 is 1.29 bits per heavy atom. The van der Waals surface area contributed by atoms with Gasteiger partial charge in [-0.05, 0) is 19.3 Å². The van der Waals surface area contributed by atoms with Crippen LogP contribution in [0.3, 0.4) is 0 Å². The number of unbranched alkanes of at least 4 members (excludes halogenated alkanes) is 20. The molecule has 0 atom stereocenters. The molecule has 31 heavy (non-hydrogen) atoms. The lowest BCUT2D eigenvalue weighted by atomic mass is 10.1. The molecule has 188 valence electrons. The predicted octanol–water partition coefficient (Wildman–Crippen LogP) is 8.90. The second-order valence-electron chi connectivity index (χ2n) is 9.20. The van der Waals surface area contributed by atoms with Crippen LogP contribution in [0.25, 0.3) is 0 Å². The van der Waals surface area contributed by atoms with Crippen molar-refractivity contribution in [2.75, 3.05) is 19.0 Å². The molecule has 0 spiro atoms. The first kappa shape index (κ1) is 30.8. The van der Waals surface area contributed by atoms with E-state index in [4.69, 9.17) is 4.18 Å². The number of rotatable bonds is 26. The van der Waals surface area contributed by atoms with Crippen LogP contribution in [-0.4, -0.2) is 27.5 Å². The molecule has 0 N–H and O–H groups in total. The second kappa shape index (κ2) is 24.5. The Hall–Kier alpha value is -0.160. The number of hydrogen-bond donors (Lipinski definition) is 0. The van der Waals surface area contributed by atoms with Crippen LogP contribution < -0.4 is 0 Å². The highest BCUT2D eigenvalue weighted by Gasteiger charge is 2.10. The SMILES string of the molecule is CCCCCCCCCCCCCCOS(=O)(=O)CCCCCCCCCCCCF. The molecule has 0 heterocycles. The summed E-state index contributed by atoms with van der Waals surface area (Å²) >= 11 is 0. The van der Waals surface area contributed by atoms with Gasteiger partial charge in [0.1, 0.15) is 0 Å². The van der Waals surface area contributed by atoms with Crippen molar-refractivity contribution in [2.45, 2.75) is 148 Å². The number of hydrogen-bond acceptors (Lipinski definition) is 3. The predicted molar refractivity (Wildman–Crippen MR) is 133 cm³/mol. The molecule has 5 heteroatoms. The van der Waals surface area contributed by atoms with Gasteiger partial charge in [0.05, 0.1) is 19.0 Å². The van der Waals surface area contributed by atoms with E-state index < -0.39 is 10.1 Å². The van der Waals surface area contributed by atoms with Crippen molar-refractivity contribution in [3.05, 3.63) is 0 Å². The van der Waals surface area contributed by atoms with E-state index in [2.05, 4.69) is 6.92 Å². The molecule has 0 aliphatic rings. The van der Waals surface area contributed by atoms with E-state index in [1.165, 1.54) is 89.9 Å². The topological polar surface area (TPSA) is 43.4 Å². The van der Waals surface area contributed by atoms with Gasteiger partial charge in [-0.1, -0.05) is 129 Å². The highest BCUT2D eigenvalue weighted by molar-refractivity contribution is 7.86. The van der Waals surface area contributed by atoms with Crippen molar-refractivity contribution >= 4 is 10.1 Å². The molecule has 0 amide bonds. The molecule has 0 aliphatic heterocycles. The quantitative estimate of drug-likeness (QED) is 0.0947. The zero-order valence-corrected chi connectivity index (χ0v) is 21.5. The molecule has 0 saturated heterocycles. The molecule has 3 nitrogen and oxygen atoms in total. The third kappa shape index (κ3) is 26.0. The van der Waals surface area contributed by atoms with E-state index >= 15 is 0 Å². The van der Waals surface area contributed by atoms with Crippen LogP contribution in [0.5, 0.6) is 0 Å². The van der Waals surface area contributed by atoms with Crippen LogP contribution in [0.1, 0.15) is 148 Å². The fourth-order valence-electron chi connectivity index (χ4n) is 3.98. The van der Waals surface area contributed by atoms with E-state index in [9.17, 15) is 12.8 Å². The van der Waals surface area contributed by atoms with Crippen LogP contribution in [0.15, 0.2) is 0 Å². The fraction of sp³-hybridized carbons (Fsp3) is 1.00. The Labute approximate surface area is 194 Å². The Morgan fingerprint density at radius 2 is 0.871 bits per heavy atom. The van der Waals surface area contributed by atoms with E-state index in [0.717, 1.165) is 38.5 Å². The molecule has 0 unspecified atom stereocenters. The summed E-state index contributed by atoms with van der Waals surface area (Å²) < 4.78 is 41.0. The van der Waals surface area contributed by atoms with Gasteiger partial charge in [0, 0.05) is 0 Å². The molecule has 0 aromatic heterocycles. The Morgan fingerprint density at radius 1 is 0.516 bits per heavy atom. The maximum absolute atomic E-state index is 12.0. The number of alkyl halides is 1. The van der Waals surface area contributed by atoms with Gasteiger partial charge in [-0.3, -0.25) is 8.57 Å². The van der Waals surface area contributed by atoms with Crippen LogP contribution in [-0.2, 0) is 14.3 Å². The van der Waals surface area contributed by atoms with Crippen molar-refractivity contribution in [3.8, 4) is 0 Å². The third-order valence-electron chi connectivity index (χ3n) is 6.04. The van der Waals surface area contributed by atoms with E-state index in [0.29, 0.717) is 19.4 Å². The minimum Gasteiger partial charge on any atom is -0.270 e. The number of halogens is 1. The summed E-state index contributed by atoms with van der Waals surface area (Å²) in [6, 6.07) is 0. The van der Waals surface area contributed by atoms with Crippen molar-refractivity contribution in [3.63, 3.8) is 0 Å². The highest BCUT2D eigenvalue weighted by atomic mass is 32.2. The average Bonchev–Trinajstić information content (AvgIpc) is 2.75. The summed E-state index contributed by atoms with van der Waals surface area (Å²) in [5.74, 6) is 0.161. The van der Waals surface area contributed by atoms with Crippen LogP contribution >= 0.6 is 0 Å². The van der Waals surface area contributed by atoms with Crippen molar-refractivity contribution in [2.24, 2.45) is 0 Å². The van der Waals surface area contributed by atoms with Gasteiger partial charge in [0.25, 0.3) is 10.1 Å². The summed E-state index contributed by atoms with van der Waals surface area (Å²) in [4.78, 5) is 0. The Balaban J connectivity index is 3.31. The van der Waals surface area contributed by atoms with Gasteiger partial charge in [0.15, 0.2) is 0 Å². The normalized spacial score (nSPS) is 11.9. The lowest BCUT2D eigenvalue weighted by Crippen LogP contribution is -2.11. The molecule has 0 radical (unpaired) electrons. The van der Waals surface area contributed by atoms with E-state index in [1.807, 2.05) is 0 Å². The largest absolute Gasteiger partial charge is 0.270 e. The first-order valence-electron chi connectivity index (χ1n) is 13.6. The molecule has 0 bridgehead atoms. The van der Waals surface area contributed by atoms with Crippen molar-refractivity contribution in [1.82, 2.24) is 0 Å². The maximum atomic E-state index is 12.0. The first-order chi connectivity index (χ1) is 15.1. The Bertz CT molecular complexity index is 440. The van der Waals surface area contributed by atoms with Gasteiger partial charge in [-0.15, -0.1) is 0 Å². The van der Waals surface area contributed by atoms with Gasteiger partial charge in [0.2, 0.25) is 0 Å². The molecular weight excluding hydrogens is 411 g/mol. The second-order valence-corrected chi connectivity index (χ2v) is 11.0. The monoisotopic (exact) mass is 464 g/mol. The zero-order valence-electron chi connectivity index (χ0n) is 20.7. The van der Waals surface area contributed by atoms with Crippen molar-refractivity contribution in [1.29, 1.82) is 0 Å². The minimum atomic E-state index is -3.34. The smallest absolute Gasteiger partial charge is 0.267 e. The lowest BCUT2D eigenvalue weighted by molar-refractivity contribution is 0.305. The summed E-state index contributed by atoms with van der Waals surface area (Å²) in [5.41, 5.74) is 0. The third-order valence-corrected chi connectivity index (χ3v) is 7.35. The fourth-order valence-corrected chi connectivity index (χ4v) is 5.02. The highest BCUT2D eigenvalue weighted by Crippen LogP contribution is 2.13. The van der Waals surface area contributed by atoms with E-state index in [-0.39, 0.29) is 12.4 Å². The molecule has 0 fully saturated rings. The molecular formula is C26H53FO3S. The zero-order chi connectivity index (χ0) is 22.9. The molecule has 0 aliphatic carbocycles. The first-order valence-corrected chi connectivity index (χ1v) is 15.1. The van der Waals surface area contributed by atoms with Gasteiger partial charge in [-0.25, -0.2) is 0 Å². The summed E-state index contributed by atoms with van der Waals surface area (Å²) in [7, 11) is -3.34. The molecule has 0 aromatic rings. The van der Waals surface area contributed by atoms with Crippen LogP contribution in [0.2, 0.25) is 0 Å². The minimum absolute atomic E-state index is 0.161.